The van der Waals surface area contributed by atoms with Gasteiger partial charge in [-0.2, -0.15) is 5.10 Å². The average Bonchev–Trinajstić information content (AvgIpc) is 2.54. The van der Waals surface area contributed by atoms with Crippen molar-refractivity contribution in [3.8, 4) is 0 Å². The molecule has 5 nitrogen and oxygen atoms in total. The van der Waals surface area contributed by atoms with E-state index in [0.29, 0.717) is 13.0 Å². The van der Waals surface area contributed by atoms with Crippen molar-refractivity contribution in [1.82, 2.24) is 9.78 Å². The van der Waals surface area contributed by atoms with E-state index in [-0.39, 0.29) is 0 Å². The van der Waals surface area contributed by atoms with Gasteiger partial charge in [-0.1, -0.05) is 0 Å². The fourth-order valence-corrected chi connectivity index (χ4v) is 1.81. The van der Waals surface area contributed by atoms with E-state index in [0.717, 1.165) is 17.0 Å². The van der Waals surface area contributed by atoms with Crippen molar-refractivity contribution >= 4 is 5.97 Å². The molecule has 1 N–H and O–H groups in total. The topological polar surface area (TPSA) is 64.3 Å². The zero-order valence-corrected chi connectivity index (χ0v) is 11.1. The van der Waals surface area contributed by atoms with Crippen molar-refractivity contribution in [2.24, 2.45) is 0 Å². The molecular weight excluding hydrogens is 220 g/mol. The summed E-state index contributed by atoms with van der Waals surface area (Å²) in [4.78, 5) is 11.5. The van der Waals surface area contributed by atoms with Gasteiger partial charge >= 0.3 is 5.97 Å². The summed E-state index contributed by atoms with van der Waals surface area (Å²) in [5.41, 5.74) is 1.74. The van der Waals surface area contributed by atoms with Crippen LogP contribution in [0.2, 0.25) is 0 Å². The van der Waals surface area contributed by atoms with E-state index >= 15 is 0 Å². The molecule has 1 heterocycles. The summed E-state index contributed by atoms with van der Waals surface area (Å²) in [6, 6.07) is 0. The monoisotopic (exact) mass is 240 g/mol. The smallest absolute Gasteiger partial charge is 0.331 e. The van der Waals surface area contributed by atoms with Gasteiger partial charge in [0, 0.05) is 25.8 Å². The number of rotatable bonds is 5. The second-order valence-electron chi connectivity index (χ2n) is 4.53. The van der Waals surface area contributed by atoms with Crippen LogP contribution in [0.4, 0.5) is 0 Å². The van der Waals surface area contributed by atoms with E-state index in [2.05, 4.69) is 5.10 Å². The Balaban J connectivity index is 3.22. The van der Waals surface area contributed by atoms with Gasteiger partial charge in [0.05, 0.1) is 5.69 Å². The molecule has 0 aromatic carbocycles. The van der Waals surface area contributed by atoms with E-state index in [1.165, 1.54) is 0 Å². The number of methoxy groups -OCH3 is 1. The summed E-state index contributed by atoms with van der Waals surface area (Å²) in [6.45, 7) is 7.79. The highest BCUT2D eigenvalue weighted by molar-refractivity contribution is 5.76. The number of carboxylic acid groups (broad SMARTS) is 1. The van der Waals surface area contributed by atoms with Gasteiger partial charge in [0.25, 0.3) is 0 Å². The van der Waals surface area contributed by atoms with Crippen LogP contribution in [-0.2, 0) is 15.1 Å². The lowest BCUT2D eigenvalue weighted by molar-refractivity contribution is -0.148. The molecule has 96 valence electrons. The van der Waals surface area contributed by atoms with Crippen LogP contribution in [0.3, 0.4) is 0 Å². The molecule has 5 heteroatoms. The Hall–Kier alpha value is -1.36. The van der Waals surface area contributed by atoms with Crippen LogP contribution in [0.5, 0.6) is 0 Å². The maximum Gasteiger partial charge on any atom is 0.331 e. The molecule has 1 aromatic rings. The molecule has 1 aromatic heterocycles. The third-order valence-electron chi connectivity index (χ3n) is 3.37. The number of hydrogen-bond donors (Lipinski definition) is 1. The van der Waals surface area contributed by atoms with Crippen molar-refractivity contribution < 1.29 is 14.6 Å². The van der Waals surface area contributed by atoms with Crippen LogP contribution < -0.4 is 0 Å². The molecule has 0 bridgehead atoms. The second kappa shape index (κ2) is 4.87. The summed E-state index contributed by atoms with van der Waals surface area (Å²) in [5.74, 6) is -0.889. The van der Waals surface area contributed by atoms with Crippen LogP contribution >= 0.6 is 0 Å². The van der Waals surface area contributed by atoms with Gasteiger partial charge in [-0.25, -0.2) is 4.79 Å². The van der Waals surface area contributed by atoms with Gasteiger partial charge in [0.1, 0.15) is 0 Å². The summed E-state index contributed by atoms with van der Waals surface area (Å²) in [7, 11) is 1.56. The highest BCUT2D eigenvalue weighted by Gasteiger charge is 2.37. The lowest BCUT2D eigenvalue weighted by atomic mass is 9.98. The molecule has 0 radical (unpaired) electrons. The predicted molar refractivity (Wildman–Crippen MR) is 64.2 cm³/mol. The molecule has 0 aliphatic rings. The Kier molecular flexibility index (Phi) is 3.93. The van der Waals surface area contributed by atoms with Crippen molar-refractivity contribution in [2.45, 2.75) is 39.7 Å². The van der Waals surface area contributed by atoms with Crippen LogP contribution in [0.25, 0.3) is 0 Å². The average molecular weight is 240 g/mol. The molecule has 0 saturated heterocycles. The minimum Gasteiger partial charge on any atom is -0.479 e. The standard InChI is InChI=1S/C12H20N2O3/c1-8-9(2)13-14(10(8)3)12(4,11(15)16)6-7-17-5/h6-7H2,1-5H3,(H,15,16). The molecule has 1 unspecified atom stereocenters. The van der Waals surface area contributed by atoms with Crippen molar-refractivity contribution in [3.63, 3.8) is 0 Å². The molecule has 17 heavy (non-hydrogen) atoms. The Labute approximate surface area is 101 Å². The van der Waals surface area contributed by atoms with Gasteiger partial charge in [-0.3, -0.25) is 4.68 Å². The first-order valence-corrected chi connectivity index (χ1v) is 5.60. The van der Waals surface area contributed by atoms with Gasteiger partial charge in [0.15, 0.2) is 5.54 Å². The number of ether oxygens (including phenoxy) is 1. The fraction of sp³-hybridized carbons (Fsp3) is 0.667. The lowest BCUT2D eigenvalue weighted by Gasteiger charge is -2.26. The molecule has 1 rings (SSSR count). The van der Waals surface area contributed by atoms with Gasteiger partial charge < -0.3 is 9.84 Å². The minimum absolute atomic E-state index is 0.389. The van der Waals surface area contributed by atoms with Crippen molar-refractivity contribution in [1.29, 1.82) is 0 Å². The van der Waals surface area contributed by atoms with Crippen LogP contribution in [0.1, 0.15) is 30.3 Å². The number of aromatic nitrogens is 2. The van der Waals surface area contributed by atoms with Crippen LogP contribution in [-0.4, -0.2) is 34.6 Å². The minimum atomic E-state index is -1.06. The third-order valence-corrected chi connectivity index (χ3v) is 3.37. The number of carbonyl (C=O) groups is 1. The lowest BCUT2D eigenvalue weighted by Crippen LogP contribution is -2.41. The number of nitrogens with zero attached hydrogens (tertiary/aromatic N) is 2. The van der Waals surface area contributed by atoms with Crippen molar-refractivity contribution in [2.75, 3.05) is 13.7 Å². The Morgan fingerprint density at radius 1 is 1.47 bits per heavy atom. The van der Waals surface area contributed by atoms with Crippen LogP contribution in [0.15, 0.2) is 0 Å². The predicted octanol–water partition coefficient (Wildman–Crippen LogP) is 1.64. The number of hydrogen-bond acceptors (Lipinski definition) is 3. The fourth-order valence-electron chi connectivity index (χ4n) is 1.81. The van der Waals surface area contributed by atoms with Gasteiger partial charge in [-0.15, -0.1) is 0 Å². The van der Waals surface area contributed by atoms with Crippen molar-refractivity contribution in [3.05, 3.63) is 17.0 Å². The van der Waals surface area contributed by atoms with E-state index < -0.39 is 11.5 Å². The quantitative estimate of drug-likeness (QED) is 0.849. The molecule has 0 aliphatic heterocycles. The van der Waals surface area contributed by atoms with E-state index in [9.17, 15) is 9.90 Å². The largest absolute Gasteiger partial charge is 0.479 e. The maximum absolute atomic E-state index is 11.5. The zero-order chi connectivity index (χ0) is 13.2. The highest BCUT2D eigenvalue weighted by atomic mass is 16.5. The van der Waals surface area contributed by atoms with Gasteiger partial charge in [-0.05, 0) is 33.3 Å². The Morgan fingerprint density at radius 2 is 2.06 bits per heavy atom. The summed E-state index contributed by atoms with van der Waals surface area (Å²) < 4.78 is 6.58. The highest BCUT2D eigenvalue weighted by Crippen LogP contribution is 2.25. The third kappa shape index (κ3) is 2.34. The first-order valence-electron chi connectivity index (χ1n) is 5.60. The van der Waals surface area contributed by atoms with E-state index in [4.69, 9.17) is 4.74 Å². The first kappa shape index (κ1) is 13.7. The maximum atomic E-state index is 11.5. The molecule has 0 saturated carbocycles. The molecule has 0 spiro atoms. The number of carboxylic acids is 1. The summed E-state index contributed by atoms with van der Waals surface area (Å²) in [6.07, 6.45) is 0.389. The molecule has 1 atom stereocenters. The molecule has 0 amide bonds. The second-order valence-corrected chi connectivity index (χ2v) is 4.53. The molecular formula is C12H20N2O3. The van der Waals surface area contributed by atoms with E-state index in [1.54, 1.807) is 18.7 Å². The number of aliphatic carboxylic acids is 1. The van der Waals surface area contributed by atoms with Gasteiger partial charge in [0.2, 0.25) is 0 Å². The molecule has 0 fully saturated rings. The molecule has 0 aliphatic carbocycles. The first-order chi connectivity index (χ1) is 7.84. The Bertz CT molecular complexity index is 426. The number of aryl methyl sites for hydroxylation is 1. The zero-order valence-electron chi connectivity index (χ0n) is 11.1. The summed E-state index contributed by atoms with van der Waals surface area (Å²) in [5, 5.41) is 13.8. The Morgan fingerprint density at radius 3 is 2.41 bits per heavy atom. The summed E-state index contributed by atoms with van der Waals surface area (Å²) >= 11 is 0. The SMILES string of the molecule is COCCC(C)(C(=O)O)n1nc(C)c(C)c1C. The van der Waals surface area contributed by atoms with E-state index in [1.807, 2.05) is 20.8 Å². The van der Waals surface area contributed by atoms with Crippen LogP contribution in [0, 0.1) is 20.8 Å². The normalized spacial score (nSPS) is 14.6.